The lowest BCUT2D eigenvalue weighted by Gasteiger charge is -2.13. The molecule has 6 heteroatoms. The Bertz CT molecular complexity index is 671. The van der Waals surface area contributed by atoms with Crippen LogP contribution in [-0.4, -0.2) is 12.4 Å². The minimum absolute atomic E-state index is 0.0644. The Morgan fingerprint density at radius 2 is 1.57 bits per heavy atom. The van der Waals surface area contributed by atoms with Crippen molar-refractivity contribution < 1.29 is 14.3 Å². The number of rotatable bonds is 5. The van der Waals surface area contributed by atoms with Crippen molar-refractivity contribution in [3.05, 3.63) is 51.5 Å². The summed E-state index contributed by atoms with van der Waals surface area (Å²) >= 11 is 17.8. The summed E-state index contributed by atoms with van der Waals surface area (Å²) in [6.07, 6.45) is 0. The third-order valence-corrected chi connectivity index (χ3v) is 3.22. The minimum atomic E-state index is -0.106. The van der Waals surface area contributed by atoms with Gasteiger partial charge in [-0.05, 0) is 37.3 Å². The third-order valence-electron chi connectivity index (χ3n) is 2.45. The third kappa shape index (κ3) is 4.53. The molecular weight excluding hydrogens is 335 g/mol. The van der Waals surface area contributed by atoms with Gasteiger partial charge in [-0.15, -0.1) is 0 Å². The first-order chi connectivity index (χ1) is 9.95. The topological polar surface area (TPSA) is 35.5 Å². The first-order valence-electron chi connectivity index (χ1n) is 6.00. The first kappa shape index (κ1) is 16.0. The molecule has 3 nitrogen and oxygen atoms in total. The largest absolute Gasteiger partial charge is 0.482 e. The average molecular weight is 346 g/mol. The smallest absolute Gasteiger partial charge is 0.169 e. The molecule has 2 rings (SSSR count). The zero-order valence-electron chi connectivity index (χ0n) is 11.0. The second kappa shape index (κ2) is 7.03. The number of ether oxygens (including phenoxy) is 2. The Hall–Kier alpha value is -1.42. The highest BCUT2D eigenvalue weighted by Gasteiger charge is 2.11. The number of benzene rings is 2. The van der Waals surface area contributed by atoms with Crippen molar-refractivity contribution in [1.29, 1.82) is 0 Å². The number of halogens is 3. The van der Waals surface area contributed by atoms with Gasteiger partial charge in [0.05, 0.1) is 5.02 Å². The Morgan fingerprint density at radius 3 is 2.19 bits per heavy atom. The Balaban J connectivity index is 2.28. The standard InChI is InChI=1S/C15H11Cl3O3/c1-9(19)8-20-15-7-11(17)3-5-14(15)21-13-4-2-10(16)6-12(13)18/h2-7H,8H2,1H3. The Morgan fingerprint density at radius 1 is 0.952 bits per heavy atom. The lowest BCUT2D eigenvalue weighted by atomic mass is 10.3. The molecule has 0 N–H and O–H groups in total. The van der Waals surface area contributed by atoms with Gasteiger partial charge < -0.3 is 9.47 Å². The minimum Gasteiger partial charge on any atom is -0.482 e. The fourth-order valence-corrected chi connectivity index (χ4v) is 2.14. The summed E-state index contributed by atoms with van der Waals surface area (Å²) in [6.45, 7) is 1.37. The molecule has 0 unspecified atom stereocenters. The average Bonchev–Trinajstić information content (AvgIpc) is 2.41. The van der Waals surface area contributed by atoms with E-state index in [1.807, 2.05) is 0 Å². The molecule has 21 heavy (non-hydrogen) atoms. The zero-order chi connectivity index (χ0) is 15.4. The summed E-state index contributed by atoms with van der Waals surface area (Å²) in [5, 5.41) is 1.36. The monoisotopic (exact) mass is 344 g/mol. The highest BCUT2D eigenvalue weighted by molar-refractivity contribution is 6.35. The van der Waals surface area contributed by atoms with Crippen LogP contribution in [0.25, 0.3) is 0 Å². The molecule has 0 spiro atoms. The molecule has 0 heterocycles. The fraction of sp³-hybridized carbons (Fsp3) is 0.133. The van der Waals surface area contributed by atoms with E-state index in [4.69, 9.17) is 44.3 Å². The molecule has 0 amide bonds. The van der Waals surface area contributed by atoms with E-state index in [2.05, 4.69) is 0 Å². The van der Waals surface area contributed by atoms with Crippen molar-refractivity contribution in [2.45, 2.75) is 6.92 Å². The molecule has 0 fully saturated rings. The molecule has 0 atom stereocenters. The highest BCUT2D eigenvalue weighted by Crippen LogP contribution is 2.37. The molecule has 0 bridgehead atoms. The van der Waals surface area contributed by atoms with E-state index in [1.54, 1.807) is 36.4 Å². The summed E-state index contributed by atoms with van der Waals surface area (Å²) in [5.41, 5.74) is 0. The van der Waals surface area contributed by atoms with Crippen LogP contribution in [0.5, 0.6) is 17.2 Å². The molecule has 2 aromatic carbocycles. The maximum atomic E-state index is 11.0. The first-order valence-corrected chi connectivity index (χ1v) is 7.14. The van der Waals surface area contributed by atoms with Gasteiger partial charge in [-0.3, -0.25) is 4.79 Å². The van der Waals surface area contributed by atoms with E-state index in [1.165, 1.54) is 6.92 Å². The molecule has 0 aliphatic rings. The van der Waals surface area contributed by atoms with Gasteiger partial charge in [0.2, 0.25) is 0 Å². The molecule has 0 saturated heterocycles. The fourth-order valence-electron chi connectivity index (χ4n) is 1.53. The summed E-state index contributed by atoms with van der Waals surface area (Å²) in [5.74, 6) is 1.09. The van der Waals surface area contributed by atoms with E-state index in [0.717, 1.165) is 0 Å². The molecule has 0 aliphatic heterocycles. The number of Topliss-reactive ketones (excluding diaryl/α,β-unsaturated/α-hetero) is 1. The van der Waals surface area contributed by atoms with Crippen LogP contribution in [-0.2, 0) is 4.79 Å². The maximum Gasteiger partial charge on any atom is 0.169 e. The van der Waals surface area contributed by atoms with Crippen LogP contribution in [0, 0.1) is 0 Å². The van der Waals surface area contributed by atoms with Crippen molar-refractivity contribution in [1.82, 2.24) is 0 Å². The van der Waals surface area contributed by atoms with Crippen molar-refractivity contribution in [3.8, 4) is 17.2 Å². The molecule has 2 aromatic rings. The van der Waals surface area contributed by atoms with Gasteiger partial charge in [-0.2, -0.15) is 0 Å². The normalized spacial score (nSPS) is 10.3. The van der Waals surface area contributed by atoms with E-state index in [9.17, 15) is 4.79 Å². The lowest BCUT2D eigenvalue weighted by molar-refractivity contribution is -0.118. The maximum absolute atomic E-state index is 11.0. The van der Waals surface area contributed by atoms with Gasteiger partial charge in [0.1, 0.15) is 12.4 Å². The Labute approximate surface area is 137 Å². The summed E-state index contributed by atoms with van der Waals surface area (Å²) < 4.78 is 11.1. The van der Waals surface area contributed by atoms with Gasteiger partial charge in [-0.1, -0.05) is 34.8 Å². The molecule has 110 valence electrons. The summed E-state index contributed by atoms with van der Waals surface area (Å²) in [6, 6.07) is 9.75. The second-order valence-electron chi connectivity index (χ2n) is 4.26. The van der Waals surface area contributed by atoms with Crippen LogP contribution in [0.4, 0.5) is 0 Å². The lowest BCUT2D eigenvalue weighted by Crippen LogP contribution is -2.07. The molecular formula is C15H11Cl3O3. The number of carbonyl (C=O) groups excluding carboxylic acids is 1. The van der Waals surface area contributed by atoms with Crippen LogP contribution in [0.1, 0.15) is 6.92 Å². The SMILES string of the molecule is CC(=O)COc1cc(Cl)ccc1Oc1ccc(Cl)cc1Cl. The molecule has 0 aromatic heterocycles. The predicted octanol–water partition coefficient (Wildman–Crippen LogP) is 5.41. The predicted molar refractivity (Wildman–Crippen MR) is 84.2 cm³/mol. The second-order valence-corrected chi connectivity index (χ2v) is 5.54. The van der Waals surface area contributed by atoms with Crippen molar-refractivity contribution in [3.63, 3.8) is 0 Å². The molecule has 0 radical (unpaired) electrons. The van der Waals surface area contributed by atoms with Gasteiger partial charge in [0.25, 0.3) is 0 Å². The van der Waals surface area contributed by atoms with Crippen molar-refractivity contribution >= 4 is 40.6 Å². The van der Waals surface area contributed by atoms with Crippen LogP contribution >= 0.6 is 34.8 Å². The van der Waals surface area contributed by atoms with Crippen LogP contribution in [0.2, 0.25) is 15.1 Å². The number of carbonyl (C=O) groups is 1. The van der Waals surface area contributed by atoms with Crippen LogP contribution < -0.4 is 9.47 Å². The van der Waals surface area contributed by atoms with E-state index in [0.29, 0.717) is 32.3 Å². The quantitative estimate of drug-likeness (QED) is 0.727. The van der Waals surface area contributed by atoms with Gasteiger partial charge in [0, 0.05) is 16.1 Å². The number of ketones is 1. The van der Waals surface area contributed by atoms with E-state index < -0.39 is 0 Å². The van der Waals surface area contributed by atoms with Crippen molar-refractivity contribution in [2.24, 2.45) is 0 Å². The molecule has 0 saturated carbocycles. The van der Waals surface area contributed by atoms with Gasteiger partial charge in [-0.25, -0.2) is 0 Å². The van der Waals surface area contributed by atoms with Gasteiger partial charge in [0.15, 0.2) is 17.3 Å². The van der Waals surface area contributed by atoms with E-state index >= 15 is 0 Å². The number of hydrogen-bond acceptors (Lipinski definition) is 3. The Kier molecular flexibility index (Phi) is 5.34. The number of hydrogen-bond donors (Lipinski definition) is 0. The molecule has 0 aliphatic carbocycles. The summed E-state index contributed by atoms with van der Waals surface area (Å²) in [4.78, 5) is 11.0. The highest BCUT2D eigenvalue weighted by atomic mass is 35.5. The zero-order valence-corrected chi connectivity index (χ0v) is 13.3. The van der Waals surface area contributed by atoms with Gasteiger partial charge >= 0.3 is 0 Å². The van der Waals surface area contributed by atoms with Crippen molar-refractivity contribution in [2.75, 3.05) is 6.61 Å². The van der Waals surface area contributed by atoms with Crippen LogP contribution in [0.3, 0.4) is 0 Å². The van der Waals surface area contributed by atoms with Crippen LogP contribution in [0.15, 0.2) is 36.4 Å². The summed E-state index contributed by atoms with van der Waals surface area (Å²) in [7, 11) is 0. The van der Waals surface area contributed by atoms with E-state index in [-0.39, 0.29) is 12.4 Å².